The highest BCUT2D eigenvalue weighted by Gasteiger charge is 2.66. The van der Waals surface area contributed by atoms with Crippen LogP contribution in [-0.4, -0.2) is 74.7 Å². The van der Waals surface area contributed by atoms with Gasteiger partial charge in [0, 0.05) is 47.0 Å². The van der Waals surface area contributed by atoms with Gasteiger partial charge < -0.3 is 35.2 Å². The molecule has 4 N–H and O–H groups in total. The molecule has 0 radical (unpaired) electrons. The standard InChI is InChI=1S/C47H52F3N6O6PS/c1-29(2)51-45-54-40(28-64-45)39-24-42(34-21-20-32(61-3)22-38(34)53-39)62-33-23-41-43(57)55-46(63(59,60)27-30-14-8-7-9-15-30)25-31(46)16-10-5-4-6-11-19-37(44(58)56(41)26-33)52-36-18-13-12-17-35(36)47(48,49)50/h7-10,12-18,20-22,24,28-29,31,33,37,41,52H,4-6,11,19,23,25-27H2,1-3H3,(H,51,54)(H,55,57)(H,59,60)/b16-10-/t31-,33-,37?,41+,46+/m1/s1. The molecule has 3 aromatic carbocycles. The highest BCUT2D eigenvalue weighted by Crippen LogP contribution is 2.71. The molecule has 2 fully saturated rings. The molecule has 1 aliphatic carbocycles. The number of carbonyl (C=O) groups excluding carboxylic acids is 2. The van der Waals surface area contributed by atoms with E-state index in [1.165, 1.54) is 34.4 Å². The Kier molecular flexibility index (Phi) is 13.1. The van der Waals surface area contributed by atoms with Crippen LogP contribution >= 0.6 is 18.7 Å². The Balaban J connectivity index is 1.17. The van der Waals surface area contributed by atoms with E-state index in [2.05, 4.69) is 16.0 Å². The van der Waals surface area contributed by atoms with Gasteiger partial charge in [-0.25, -0.2) is 9.97 Å². The van der Waals surface area contributed by atoms with E-state index in [9.17, 15) is 32.2 Å². The molecule has 0 bridgehead atoms. The van der Waals surface area contributed by atoms with E-state index in [0.717, 1.165) is 12.5 Å². The SMILES string of the molecule is COc1ccc2c(O[C@@H]3C[C@H]4C(=O)N[C@]5(P(=O)(O)Cc6ccccc6)C[C@H]5/C=C\CCCCCC(Nc5ccccc5C(F)(F)F)C(=O)N4C3)cc(-c3csc(NC(C)C)n3)nc2c1. The number of halogens is 3. The van der Waals surface area contributed by atoms with Gasteiger partial charge in [-0.15, -0.1) is 11.3 Å². The van der Waals surface area contributed by atoms with Crippen molar-refractivity contribution in [3.63, 3.8) is 0 Å². The number of amides is 2. The number of carbonyl (C=O) groups is 2. The third-order valence-corrected chi connectivity index (χ3v) is 15.5. The van der Waals surface area contributed by atoms with Crippen molar-refractivity contribution < 1.29 is 41.7 Å². The Morgan fingerprint density at radius 1 is 1.02 bits per heavy atom. The lowest BCUT2D eigenvalue weighted by Crippen LogP contribution is -2.53. The van der Waals surface area contributed by atoms with Gasteiger partial charge in [0.05, 0.1) is 36.6 Å². The number of aromatic nitrogens is 2. The highest BCUT2D eigenvalue weighted by atomic mass is 32.1. The number of benzene rings is 3. The molecular weight excluding hydrogens is 865 g/mol. The van der Waals surface area contributed by atoms with Crippen LogP contribution in [0.1, 0.15) is 69.9 Å². The summed E-state index contributed by atoms with van der Waals surface area (Å²) in [4.78, 5) is 52.7. The number of nitrogens with one attached hydrogen (secondary N) is 3. The number of rotatable bonds is 11. The smallest absolute Gasteiger partial charge is 0.418 e. The summed E-state index contributed by atoms with van der Waals surface area (Å²) in [5.41, 5.74) is 1.16. The average molecular weight is 917 g/mol. The molecule has 2 amide bonds. The zero-order chi connectivity index (χ0) is 45.2. The average Bonchev–Trinajstić information content (AvgIpc) is 3.53. The Labute approximate surface area is 374 Å². The van der Waals surface area contributed by atoms with Crippen molar-refractivity contribution in [2.75, 3.05) is 24.3 Å². The maximum Gasteiger partial charge on any atom is 0.418 e. The number of hydrogen-bond acceptors (Lipinski definition) is 10. The minimum absolute atomic E-state index is 0.0110. The summed E-state index contributed by atoms with van der Waals surface area (Å²) in [7, 11) is -2.58. The normalized spacial score (nSPS) is 24.4. The number of pyridine rings is 1. The number of anilines is 2. The number of para-hydroxylation sites is 1. The Hall–Kier alpha value is -5.44. The number of ether oxygens (including phenoxy) is 2. The maximum absolute atomic E-state index is 15.0. The van der Waals surface area contributed by atoms with E-state index in [1.807, 2.05) is 43.5 Å². The van der Waals surface area contributed by atoms with Crippen LogP contribution in [0.5, 0.6) is 11.5 Å². The molecule has 2 aliphatic heterocycles. The summed E-state index contributed by atoms with van der Waals surface area (Å²) in [6, 6.07) is 18.9. The quantitative estimate of drug-likeness (QED) is 0.0744. The molecule has 64 heavy (non-hydrogen) atoms. The summed E-state index contributed by atoms with van der Waals surface area (Å²) >= 11 is 1.43. The third kappa shape index (κ3) is 9.79. The molecule has 5 aromatic rings. The molecule has 4 heterocycles. The van der Waals surface area contributed by atoms with Gasteiger partial charge in [0.15, 0.2) is 5.13 Å². The van der Waals surface area contributed by atoms with Crippen molar-refractivity contribution in [3.8, 4) is 22.9 Å². The van der Waals surface area contributed by atoms with Crippen LogP contribution in [-0.2, 0) is 26.5 Å². The molecule has 0 spiro atoms. The Morgan fingerprint density at radius 3 is 2.56 bits per heavy atom. The number of alkyl halides is 3. The molecule has 17 heteroatoms. The van der Waals surface area contributed by atoms with Crippen molar-refractivity contribution in [3.05, 3.63) is 108 Å². The fourth-order valence-corrected chi connectivity index (χ4v) is 12.0. The van der Waals surface area contributed by atoms with E-state index < -0.39 is 60.3 Å². The second kappa shape index (κ2) is 18.6. The largest absolute Gasteiger partial charge is 0.497 e. The van der Waals surface area contributed by atoms with E-state index >= 15 is 0 Å². The van der Waals surface area contributed by atoms with Gasteiger partial charge in [0.25, 0.3) is 0 Å². The molecule has 1 saturated carbocycles. The molecule has 338 valence electrons. The third-order valence-electron chi connectivity index (χ3n) is 12.1. The summed E-state index contributed by atoms with van der Waals surface area (Å²) in [5.74, 6) is -0.659. The molecule has 6 atom stereocenters. The van der Waals surface area contributed by atoms with Gasteiger partial charge in [0.1, 0.15) is 40.7 Å². The molecule has 2 unspecified atom stereocenters. The van der Waals surface area contributed by atoms with Crippen molar-refractivity contribution >= 4 is 52.2 Å². The van der Waals surface area contributed by atoms with E-state index in [-0.39, 0.29) is 43.7 Å². The fourth-order valence-electron chi connectivity index (χ4n) is 8.75. The first-order valence-electron chi connectivity index (χ1n) is 21.6. The number of hydrogen-bond donors (Lipinski definition) is 4. The highest BCUT2D eigenvalue weighted by molar-refractivity contribution is 7.59. The van der Waals surface area contributed by atoms with Gasteiger partial charge in [-0.3, -0.25) is 14.2 Å². The minimum atomic E-state index is -4.69. The van der Waals surface area contributed by atoms with E-state index in [0.29, 0.717) is 63.7 Å². The van der Waals surface area contributed by atoms with Crippen LogP contribution in [0, 0.1) is 5.92 Å². The van der Waals surface area contributed by atoms with Crippen molar-refractivity contribution in [1.29, 1.82) is 0 Å². The number of nitrogens with zero attached hydrogens (tertiary/aromatic N) is 3. The van der Waals surface area contributed by atoms with Gasteiger partial charge in [-0.1, -0.05) is 67.5 Å². The van der Waals surface area contributed by atoms with Gasteiger partial charge >= 0.3 is 6.18 Å². The topological polar surface area (TPSA) is 155 Å². The second-order valence-corrected chi connectivity index (χ2v) is 20.5. The summed E-state index contributed by atoms with van der Waals surface area (Å²) in [5, 5.41) is 11.0. The number of thiazole rings is 1. The zero-order valence-electron chi connectivity index (χ0n) is 35.8. The number of allylic oxidation sites excluding steroid dienone is 1. The van der Waals surface area contributed by atoms with Crippen LogP contribution in [0.3, 0.4) is 0 Å². The lowest BCUT2D eigenvalue weighted by atomic mass is 10.0. The van der Waals surface area contributed by atoms with Crippen molar-refractivity contribution in [2.45, 2.75) is 101 Å². The Morgan fingerprint density at radius 2 is 1.80 bits per heavy atom. The van der Waals surface area contributed by atoms with Gasteiger partial charge in [-0.05, 0) is 69.4 Å². The molecule has 1 saturated heterocycles. The predicted octanol–water partition coefficient (Wildman–Crippen LogP) is 9.86. The van der Waals surface area contributed by atoms with Crippen molar-refractivity contribution in [1.82, 2.24) is 20.2 Å². The number of methoxy groups -OCH3 is 1. The first kappa shape index (κ1) is 45.1. The fraction of sp³-hybridized carbons (Fsp3) is 0.404. The van der Waals surface area contributed by atoms with E-state index in [4.69, 9.17) is 19.4 Å². The van der Waals surface area contributed by atoms with Crippen LogP contribution in [0.2, 0.25) is 0 Å². The zero-order valence-corrected chi connectivity index (χ0v) is 37.5. The number of fused-ring (bicyclic) bond motifs is 3. The lowest BCUT2D eigenvalue weighted by Gasteiger charge is -2.32. The predicted molar refractivity (Wildman–Crippen MR) is 243 cm³/mol. The molecule has 3 aliphatic rings. The van der Waals surface area contributed by atoms with Crippen LogP contribution < -0.4 is 25.4 Å². The molecule has 8 rings (SSSR count). The summed E-state index contributed by atoms with van der Waals surface area (Å²) in [6.07, 6.45) is 1.23. The van der Waals surface area contributed by atoms with E-state index in [1.54, 1.807) is 49.6 Å². The first-order valence-corrected chi connectivity index (χ1v) is 24.3. The van der Waals surface area contributed by atoms with Crippen LogP contribution in [0.25, 0.3) is 22.3 Å². The van der Waals surface area contributed by atoms with Gasteiger partial charge in [0.2, 0.25) is 19.2 Å². The van der Waals surface area contributed by atoms with Crippen LogP contribution in [0.4, 0.5) is 24.0 Å². The lowest BCUT2D eigenvalue weighted by molar-refractivity contribution is -0.139. The monoisotopic (exact) mass is 916 g/mol. The summed E-state index contributed by atoms with van der Waals surface area (Å²) in [6.45, 7) is 3.93. The summed E-state index contributed by atoms with van der Waals surface area (Å²) < 4.78 is 69.7. The first-order chi connectivity index (χ1) is 30.6. The molecular formula is C47H52F3N6O6PS. The molecule has 12 nitrogen and oxygen atoms in total. The van der Waals surface area contributed by atoms with Crippen molar-refractivity contribution in [2.24, 2.45) is 5.92 Å². The van der Waals surface area contributed by atoms with Crippen LogP contribution in [0.15, 0.2) is 96.4 Å². The second-order valence-electron chi connectivity index (χ2n) is 17.1. The minimum Gasteiger partial charge on any atom is -0.497 e. The van der Waals surface area contributed by atoms with Gasteiger partial charge in [-0.2, -0.15) is 13.2 Å². The molecule has 2 aromatic heterocycles. The maximum atomic E-state index is 15.0. The Bertz CT molecular complexity index is 2570.